The molecule has 204 valence electrons. The number of hydrogen-bond donors (Lipinski definition) is 0. The Bertz CT molecular complexity index is 1350. The molecule has 5 heteroatoms. The van der Waals surface area contributed by atoms with Crippen molar-refractivity contribution in [2.75, 3.05) is 0 Å². The molecule has 2 aromatic rings. The maximum Gasteiger partial charge on any atom is 0.168 e. The number of Topliss-reactive ketones (excluding diaryl/α,β-unsaturated/α-hetero) is 1. The van der Waals surface area contributed by atoms with E-state index in [1.54, 1.807) is 12.1 Å². The minimum atomic E-state index is -0.0592. The quantitative estimate of drug-likeness (QED) is 0.358. The monoisotopic (exact) mass is 542 g/mol. The SMILES string of the molecule is CC1CCC(C#Cc2ccc3c(n2)CC(CC[C@H]2C(C)(C)[C@H](Oc4ccc(C#N)c(Cl)c4)C2(C)C)C3=O)CC1. The molecule has 0 bridgehead atoms. The Morgan fingerprint density at radius 1 is 1.05 bits per heavy atom. The minimum Gasteiger partial charge on any atom is -0.489 e. The van der Waals surface area contributed by atoms with E-state index in [4.69, 9.17) is 26.6 Å². The lowest BCUT2D eigenvalue weighted by atomic mass is 9.44. The van der Waals surface area contributed by atoms with E-state index < -0.39 is 0 Å². The summed E-state index contributed by atoms with van der Waals surface area (Å²) in [6, 6.07) is 11.2. The highest BCUT2D eigenvalue weighted by Gasteiger charge is 2.62. The first-order chi connectivity index (χ1) is 18.5. The van der Waals surface area contributed by atoms with Crippen molar-refractivity contribution in [3.8, 4) is 23.7 Å². The van der Waals surface area contributed by atoms with Gasteiger partial charge >= 0.3 is 0 Å². The van der Waals surface area contributed by atoms with Crippen LogP contribution < -0.4 is 4.74 Å². The van der Waals surface area contributed by atoms with Crippen LogP contribution in [0.15, 0.2) is 30.3 Å². The zero-order chi connectivity index (χ0) is 27.9. The van der Waals surface area contributed by atoms with Gasteiger partial charge in [-0.2, -0.15) is 5.26 Å². The summed E-state index contributed by atoms with van der Waals surface area (Å²) in [4.78, 5) is 18.0. The van der Waals surface area contributed by atoms with Crippen LogP contribution in [0.2, 0.25) is 5.02 Å². The molecule has 1 heterocycles. The number of carbonyl (C=O) groups is 1. The van der Waals surface area contributed by atoms with Gasteiger partial charge in [0.25, 0.3) is 0 Å². The smallest absolute Gasteiger partial charge is 0.168 e. The van der Waals surface area contributed by atoms with Gasteiger partial charge in [-0.15, -0.1) is 0 Å². The summed E-state index contributed by atoms with van der Waals surface area (Å²) in [6.45, 7) is 11.3. The lowest BCUT2D eigenvalue weighted by Gasteiger charge is -2.63. The van der Waals surface area contributed by atoms with Gasteiger partial charge in [-0.25, -0.2) is 4.98 Å². The molecule has 0 radical (unpaired) electrons. The Morgan fingerprint density at radius 3 is 2.44 bits per heavy atom. The van der Waals surface area contributed by atoms with Gasteiger partial charge in [0.1, 0.15) is 23.6 Å². The van der Waals surface area contributed by atoms with Crippen molar-refractivity contribution < 1.29 is 9.53 Å². The van der Waals surface area contributed by atoms with Crippen molar-refractivity contribution in [2.24, 2.45) is 34.5 Å². The number of fused-ring (bicyclic) bond motifs is 1. The number of nitrogens with zero attached hydrogens (tertiary/aromatic N) is 2. The molecule has 5 rings (SSSR count). The van der Waals surface area contributed by atoms with E-state index >= 15 is 0 Å². The molecule has 1 aromatic carbocycles. The third kappa shape index (κ3) is 5.34. The normalized spacial score (nSPS) is 28.4. The highest BCUT2D eigenvalue weighted by atomic mass is 35.5. The van der Waals surface area contributed by atoms with Gasteiger partial charge < -0.3 is 4.74 Å². The van der Waals surface area contributed by atoms with Crippen molar-refractivity contribution in [3.05, 3.63) is 57.9 Å². The predicted molar refractivity (Wildman–Crippen MR) is 155 cm³/mol. The summed E-state index contributed by atoms with van der Waals surface area (Å²) in [6.07, 6.45) is 7.42. The van der Waals surface area contributed by atoms with E-state index in [9.17, 15) is 4.79 Å². The number of carbonyl (C=O) groups excluding carboxylic acids is 1. The largest absolute Gasteiger partial charge is 0.489 e. The third-order valence-corrected chi connectivity index (χ3v) is 10.0. The maximum atomic E-state index is 13.2. The molecule has 0 amide bonds. The highest BCUT2D eigenvalue weighted by Crippen LogP contribution is 2.62. The molecule has 1 unspecified atom stereocenters. The second kappa shape index (κ2) is 10.6. The highest BCUT2D eigenvalue weighted by molar-refractivity contribution is 6.31. The van der Waals surface area contributed by atoms with E-state index in [1.165, 1.54) is 25.7 Å². The molecule has 0 aliphatic heterocycles. The summed E-state index contributed by atoms with van der Waals surface area (Å²) in [5.74, 6) is 9.35. The van der Waals surface area contributed by atoms with Crippen LogP contribution in [-0.4, -0.2) is 16.9 Å². The van der Waals surface area contributed by atoms with Crippen LogP contribution in [0.25, 0.3) is 0 Å². The van der Waals surface area contributed by atoms with Crippen molar-refractivity contribution in [2.45, 2.75) is 85.7 Å². The standard InChI is InChI=1S/C34H39ClN2O2/c1-21-6-8-22(9-7-21)10-13-25-14-16-27-29(37-25)18-23(31(27)38)12-17-30-33(2,3)32(34(30,4)5)39-26-15-11-24(20-36)28(35)19-26/h11,14-16,19,21-23,30,32H,6-9,12,17-18H2,1-5H3/t21?,22?,23?,30-,32-. The summed E-state index contributed by atoms with van der Waals surface area (Å²) >= 11 is 6.24. The first kappa shape index (κ1) is 27.7. The lowest BCUT2D eigenvalue weighted by Crippen LogP contribution is -2.65. The zero-order valence-corrected chi connectivity index (χ0v) is 24.6. The number of hydrogen-bond acceptors (Lipinski definition) is 4. The summed E-state index contributed by atoms with van der Waals surface area (Å²) in [5, 5.41) is 9.57. The molecular formula is C34H39ClN2O2. The number of benzene rings is 1. The Labute approximate surface area is 238 Å². The minimum absolute atomic E-state index is 0.00524. The predicted octanol–water partition coefficient (Wildman–Crippen LogP) is 8.05. The molecule has 2 saturated carbocycles. The molecule has 0 spiro atoms. The molecule has 4 nitrogen and oxygen atoms in total. The van der Waals surface area contributed by atoms with Gasteiger partial charge in [0, 0.05) is 40.7 Å². The van der Waals surface area contributed by atoms with Gasteiger partial charge in [-0.1, -0.05) is 52.1 Å². The van der Waals surface area contributed by atoms with Gasteiger partial charge in [0.05, 0.1) is 16.3 Å². The van der Waals surface area contributed by atoms with Crippen LogP contribution >= 0.6 is 11.6 Å². The number of ether oxygens (including phenoxy) is 1. The molecule has 39 heavy (non-hydrogen) atoms. The van der Waals surface area contributed by atoms with Crippen LogP contribution in [0.1, 0.15) is 100 Å². The zero-order valence-electron chi connectivity index (χ0n) is 23.8. The molecule has 3 aliphatic carbocycles. The molecule has 1 atom stereocenters. The Balaban J connectivity index is 1.20. The van der Waals surface area contributed by atoms with Crippen molar-refractivity contribution in [1.29, 1.82) is 5.26 Å². The van der Waals surface area contributed by atoms with Gasteiger partial charge in [-0.05, 0) is 80.5 Å². The van der Waals surface area contributed by atoms with Gasteiger partial charge in [0.2, 0.25) is 0 Å². The summed E-state index contributed by atoms with van der Waals surface area (Å²) in [5.41, 5.74) is 2.82. The van der Waals surface area contributed by atoms with Crippen molar-refractivity contribution in [3.63, 3.8) is 0 Å². The van der Waals surface area contributed by atoms with Crippen molar-refractivity contribution >= 4 is 17.4 Å². The van der Waals surface area contributed by atoms with E-state index in [0.29, 0.717) is 34.6 Å². The average Bonchev–Trinajstić information content (AvgIpc) is 3.21. The number of halogens is 1. The van der Waals surface area contributed by atoms with Gasteiger partial charge in [0.15, 0.2) is 5.78 Å². The topological polar surface area (TPSA) is 63.0 Å². The summed E-state index contributed by atoms with van der Waals surface area (Å²) < 4.78 is 6.44. The van der Waals surface area contributed by atoms with Crippen molar-refractivity contribution in [1.82, 2.24) is 4.98 Å². The Hall–Kier alpha value is -2.82. The summed E-state index contributed by atoms with van der Waals surface area (Å²) in [7, 11) is 0. The molecular weight excluding hydrogens is 504 g/mol. The van der Waals surface area contributed by atoms with Crippen LogP contribution in [-0.2, 0) is 6.42 Å². The number of rotatable bonds is 5. The third-order valence-electron chi connectivity index (χ3n) is 9.74. The Kier molecular flexibility index (Phi) is 7.56. The van der Waals surface area contributed by atoms with Crippen LogP contribution in [0.3, 0.4) is 0 Å². The van der Waals surface area contributed by atoms with Crippen LogP contribution in [0.5, 0.6) is 5.75 Å². The van der Waals surface area contributed by atoms with E-state index in [1.807, 2.05) is 18.2 Å². The fourth-order valence-electron chi connectivity index (χ4n) is 7.71. The number of aromatic nitrogens is 1. The van der Waals surface area contributed by atoms with Crippen LogP contribution in [0.4, 0.5) is 0 Å². The maximum absolute atomic E-state index is 13.2. The van der Waals surface area contributed by atoms with E-state index in [-0.39, 0.29) is 28.6 Å². The molecule has 1 aromatic heterocycles. The first-order valence-corrected chi connectivity index (χ1v) is 14.8. The van der Waals surface area contributed by atoms with Gasteiger partial charge in [-0.3, -0.25) is 4.79 Å². The fraction of sp³-hybridized carbons (Fsp3) is 0.559. The second-order valence-corrected chi connectivity index (χ2v) is 13.6. The molecule has 0 saturated heterocycles. The lowest BCUT2D eigenvalue weighted by molar-refractivity contribution is -0.201. The van der Waals surface area contributed by atoms with E-state index in [2.05, 4.69) is 52.5 Å². The number of ketones is 1. The number of pyridine rings is 1. The fourth-order valence-corrected chi connectivity index (χ4v) is 7.92. The van der Waals surface area contributed by atoms with Crippen LogP contribution in [0, 0.1) is 57.7 Å². The first-order valence-electron chi connectivity index (χ1n) is 14.4. The molecule has 0 N–H and O–H groups in total. The number of nitriles is 1. The molecule has 3 aliphatic rings. The Morgan fingerprint density at radius 2 is 1.77 bits per heavy atom. The van der Waals surface area contributed by atoms with E-state index in [0.717, 1.165) is 35.7 Å². The molecule has 2 fully saturated rings. The second-order valence-electron chi connectivity index (χ2n) is 13.2. The average molecular weight is 543 g/mol.